The van der Waals surface area contributed by atoms with Crippen LogP contribution in [0, 0.1) is 25.7 Å². The van der Waals surface area contributed by atoms with Gasteiger partial charge in [-0.3, -0.25) is 14.5 Å². The molecule has 2 fully saturated rings. The van der Waals surface area contributed by atoms with Crippen molar-refractivity contribution >= 4 is 28.8 Å². The van der Waals surface area contributed by atoms with E-state index in [0.29, 0.717) is 30.9 Å². The number of likely N-dealkylation sites (tertiary alicyclic amines) is 1. The van der Waals surface area contributed by atoms with E-state index in [1.54, 1.807) is 29.5 Å². The van der Waals surface area contributed by atoms with E-state index in [2.05, 4.69) is 32.3 Å². The third kappa shape index (κ3) is 6.15. The van der Waals surface area contributed by atoms with Gasteiger partial charge < -0.3 is 20.7 Å². The van der Waals surface area contributed by atoms with E-state index >= 15 is 0 Å². The number of aryl methyl sites for hydroxylation is 2. The van der Waals surface area contributed by atoms with E-state index < -0.39 is 0 Å². The van der Waals surface area contributed by atoms with Crippen LogP contribution in [-0.4, -0.2) is 57.0 Å². The van der Waals surface area contributed by atoms with Crippen molar-refractivity contribution < 1.29 is 9.59 Å². The highest BCUT2D eigenvalue weighted by atomic mass is 16.1. The van der Waals surface area contributed by atoms with Crippen LogP contribution in [0.1, 0.15) is 44.7 Å². The number of amides is 1. The summed E-state index contributed by atoms with van der Waals surface area (Å²) < 4.78 is 1.69. The molecule has 1 aliphatic heterocycles. The van der Waals surface area contributed by atoms with Crippen molar-refractivity contribution in [3.8, 4) is 0 Å². The molecule has 9 heteroatoms. The summed E-state index contributed by atoms with van der Waals surface area (Å²) in [6, 6.07) is 7.67. The van der Waals surface area contributed by atoms with Gasteiger partial charge in [0.2, 0.25) is 0 Å². The van der Waals surface area contributed by atoms with Crippen molar-refractivity contribution in [2.45, 2.75) is 39.8 Å². The Kier molecular flexibility index (Phi) is 7.70. The summed E-state index contributed by atoms with van der Waals surface area (Å²) in [5.74, 6) is 2.55. The Bertz CT molecular complexity index is 1490. The quantitative estimate of drug-likeness (QED) is 0.355. The standard InChI is InChI=1S/C24H24N6O2.C6H11N/c1-15-9-21-20(5-7-26-23(21)25)16(2)22(15)12-28-24(32)18-11-29-30(14-18)13-17-3-4-19(6-8-31)27-10-17;1-7-3-5-2-6(5)4-7/h3-5,7-11,14H,6,12-13H2,1-2H3,(H2,25,26)(H,28,32);5-6H,2-4H2,1H3. The molecule has 4 aromatic rings. The lowest BCUT2D eigenvalue weighted by atomic mass is 9.96. The van der Waals surface area contributed by atoms with Crippen LogP contribution in [0.15, 0.2) is 49.1 Å². The molecule has 202 valence electrons. The molecule has 4 heterocycles. The van der Waals surface area contributed by atoms with Crippen molar-refractivity contribution in [2.75, 3.05) is 25.9 Å². The van der Waals surface area contributed by atoms with Gasteiger partial charge in [-0.15, -0.1) is 0 Å². The summed E-state index contributed by atoms with van der Waals surface area (Å²) in [5, 5.41) is 9.23. The summed E-state index contributed by atoms with van der Waals surface area (Å²) in [6.45, 7) is 7.69. The number of hydrogen-bond donors (Lipinski definition) is 2. The number of fused-ring (bicyclic) bond motifs is 2. The molecule has 6 rings (SSSR count). The highest BCUT2D eigenvalue weighted by Crippen LogP contribution is 2.44. The van der Waals surface area contributed by atoms with E-state index in [-0.39, 0.29) is 5.91 Å². The maximum absolute atomic E-state index is 12.7. The van der Waals surface area contributed by atoms with Crippen molar-refractivity contribution in [2.24, 2.45) is 11.8 Å². The lowest BCUT2D eigenvalue weighted by Gasteiger charge is -2.14. The number of nitrogens with zero attached hydrogens (tertiary/aromatic N) is 5. The lowest BCUT2D eigenvalue weighted by molar-refractivity contribution is -0.107. The molecule has 2 atom stereocenters. The molecule has 3 aromatic heterocycles. The number of aldehydes is 1. The first-order valence-electron chi connectivity index (χ1n) is 13.3. The fourth-order valence-corrected chi connectivity index (χ4v) is 5.41. The number of hydrogen-bond acceptors (Lipinski definition) is 7. The molecule has 1 saturated carbocycles. The Hall–Kier alpha value is -4.11. The van der Waals surface area contributed by atoms with E-state index in [0.717, 1.165) is 56.8 Å². The average molecular weight is 526 g/mol. The van der Waals surface area contributed by atoms with Crippen LogP contribution >= 0.6 is 0 Å². The molecule has 9 nitrogen and oxygen atoms in total. The Morgan fingerprint density at radius 2 is 1.92 bits per heavy atom. The zero-order valence-corrected chi connectivity index (χ0v) is 22.7. The minimum Gasteiger partial charge on any atom is -0.383 e. The van der Waals surface area contributed by atoms with Crippen LogP contribution < -0.4 is 11.1 Å². The number of rotatable bonds is 7. The highest BCUT2D eigenvalue weighted by molar-refractivity contribution is 5.95. The molecule has 1 aliphatic carbocycles. The number of pyridine rings is 2. The fraction of sp³-hybridized carbons (Fsp3) is 0.367. The number of nitrogens with two attached hydrogens (primary N) is 1. The van der Waals surface area contributed by atoms with Gasteiger partial charge in [0, 0.05) is 55.7 Å². The highest BCUT2D eigenvalue weighted by Gasteiger charge is 2.43. The van der Waals surface area contributed by atoms with E-state index in [4.69, 9.17) is 5.73 Å². The second-order valence-corrected chi connectivity index (χ2v) is 10.7. The van der Waals surface area contributed by atoms with E-state index in [9.17, 15) is 9.59 Å². The number of nitrogens with one attached hydrogen (secondary N) is 1. The smallest absolute Gasteiger partial charge is 0.254 e. The van der Waals surface area contributed by atoms with Crippen LogP contribution in [0.5, 0.6) is 0 Å². The molecule has 1 aromatic carbocycles. The van der Waals surface area contributed by atoms with Gasteiger partial charge in [0.15, 0.2) is 0 Å². The summed E-state index contributed by atoms with van der Waals surface area (Å²) >= 11 is 0. The molecule has 0 bridgehead atoms. The first-order chi connectivity index (χ1) is 18.8. The average Bonchev–Trinajstić information content (AvgIpc) is 3.29. The molecule has 1 saturated heterocycles. The third-order valence-electron chi connectivity index (χ3n) is 7.72. The maximum atomic E-state index is 12.7. The van der Waals surface area contributed by atoms with E-state index in [1.165, 1.54) is 19.5 Å². The summed E-state index contributed by atoms with van der Waals surface area (Å²) in [5.41, 5.74) is 11.4. The molecular weight excluding hydrogens is 490 g/mol. The van der Waals surface area contributed by atoms with Gasteiger partial charge in [-0.2, -0.15) is 5.10 Å². The van der Waals surface area contributed by atoms with Crippen molar-refractivity contribution in [3.63, 3.8) is 0 Å². The first-order valence-corrected chi connectivity index (χ1v) is 13.3. The van der Waals surface area contributed by atoms with Crippen molar-refractivity contribution in [1.29, 1.82) is 0 Å². The number of aromatic nitrogens is 4. The molecule has 1 amide bonds. The molecule has 39 heavy (non-hydrogen) atoms. The molecule has 3 N–H and O–H groups in total. The van der Waals surface area contributed by atoms with Crippen molar-refractivity contribution in [1.82, 2.24) is 30.0 Å². The van der Waals surface area contributed by atoms with Crippen LogP contribution in [0.25, 0.3) is 10.8 Å². The normalized spacial score (nSPS) is 17.8. The number of piperidine rings is 1. The second kappa shape index (κ2) is 11.3. The lowest BCUT2D eigenvalue weighted by Crippen LogP contribution is -2.23. The number of benzene rings is 1. The molecule has 0 radical (unpaired) electrons. The number of nitrogen functional groups attached to an aromatic ring is 1. The topological polar surface area (TPSA) is 119 Å². The van der Waals surface area contributed by atoms with Crippen molar-refractivity contribution in [3.05, 3.63) is 82.6 Å². The van der Waals surface area contributed by atoms with Crippen LogP contribution in [0.2, 0.25) is 0 Å². The Morgan fingerprint density at radius 1 is 1.13 bits per heavy atom. The predicted molar refractivity (Wildman–Crippen MR) is 151 cm³/mol. The zero-order chi connectivity index (χ0) is 27.5. The maximum Gasteiger partial charge on any atom is 0.254 e. The molecule has 0 spiro atoms. The van der Waals surface area contributed by atoms with Gasteiger partial charge in [-0.05, 0) is 85.0 Å². The molecule has 2 unspecified atom stereocenters. The van der Waals surface area contributed by atoms with Gasteiger partial charge in [-0.1, -0.05) is 6.07 Å². The largest absolute Gasteiger partial charge is 0.383 e. The van der Waals surface area contributed by atoms with Crippen LogP contribution in [-0.2, 0) is 24.3 Å². The number of carbonyl (C=O) groups excluding carboxylic acids is 2. The SMILES string of the molecule is CN1CC2CC2C1.Cc1cc2c(N)nccc2c(C)c1CNC(=O)c1cnn(Cc2ccc(CC=O)nc2)c1. The number of anilines is 1. The van der Waals surface area contributed by atoms with Crippen LogP contribution in [0.3, 0.4) is 0 Å². The summed E-state index contributed by atoms with van der Waals surface area (Å²) in [4.78, 5) is 34.1. The zero-order valence-electron chi connectivity index (χ0n) is 22.7. The first kappa shape index (κ1) is 26.5. The van der Waals surface area contributed by atoms with Gasteiger partial charge in [0.1, 0.15) is 12.1 Å². The number of carbonyl (C=O) groups is 2. The monoisotopic (exact) mass is 525 g/mol. The fourth-order valence-electron chi connectivity index (χ4n) is 5.41. The minimum atomic E-state index is -0.191. The van der Waals surface area contributed by atoms with Crippen LogP contribution in [0.4, 0.5) is 5.82 Å². The summed E-state index contributed by atoms with van der Waals surface area (Å²) in [6.07, 6.45) is 9.33. The Morgan fingerprint density at radius 3 is 2.59 bits per heavy atom. The van der Waals surface area contributed by atoms with E-state index in [1.807, 2.05) is 38.1 Å². The summed E-state index contributed by atoms with van der Waals surface area (Å²) in [7, 11) is 2.21. The van der Waals surface area contributed by atoms with Gasteiger partial charge in [0.05, 0.1) is 18.3 Å². The third-order valence-corrected chi connectivity index (χ3v) is 7.72. The predicted octanol–water partition coefficient (Wildman–Crippen LogP) is 3.31. The second-order valence-electron chi connectivity index (χ2n) is 10.7. The molecule has 2 aliphatic rings. The van der Waals surface area contributed by atoms with Gasteiger partial charge in [-0.25, -0.2) is 4.98 Å². The molecular formula is C30H35N7O2. The minimum absolute atomic E-state index is 0.191. The Labute approximate surface area is 228 Å². The van der Waals surface area contributed by atoms with Gasteiger partial charge >= 0.3 is 0 Å². The Balaban J connectivity index is 0.000000376. The van der Waals surface area contributed by atoms with Gasteiger partial charge in [0.25, 0.3) is 5.91 Å².